The van der Waals surface area contributed by atoms with Crippen molar-refractivity contribution in [1.29, 1.82) is 0 Å². The molecule has 134 valence electrons. The molecule has 1 saturated heterocycles. The fraction of sp³-hybridized carbons (Fsp3) is 0.579. The third-order valence-corrected chi connectivity index (χ3v) is 5.85. The maximum Gasteiger partial charge on any atom is 0.326 e. The number of hydrogen-bond acceptors (Lipinski definition) is 4. The average Bonchev–Trinajstić information content (AvgIpc) is 3.30. The first kappa shape index (κ1) is 16.4. The molecule has 2 fully saturated rings. The number of aliphatic carboxylic acids is 1. The third-order valence-electron chi connectivity index (χ3n) is 5.85. The van der Waals surface area contributed by atoms with E-state index in [1.807, 2.05) is 23.1 Å². The van der Waals surface area contributed by atoms with Gasteiger partial charge in [-0.25, -0.2) is 4.79 Å². The molecule has 2 heterocycles. The second-order valence-corrected chi connectivity index (χ2v) is 7.38. The maximum absolute atomic E-state index is 12.8. The summed E-state index contributed by atoms with van der Waals surface area (Å²) in [5.74, 6) is -0.792. The van der Waals surface area contributed by atoms with Gasteiger partial charge in [-0.3, -0.25) is 9.69 Å². The van der Waals surface area contributed by atoms with Gasteiger partial charge in [-0.05, 0) is 36.6 Å². The number of hydrogen-bond donors (Lipinski definition) is 2. The molecule has 0 aromatic heterocycles. The van der Waals surface area contributed by atoms with Crippen LogP contribution in [0.3, 0.4) is 0 Å². The van der Waals surface area contributed by atoms with E-state index in [0.29, 0.717) is 12.0 Å². The number of rotatable bonds is 3. The van der Waals surface area contributed by atoms with Gasteiger partial charge in [-0.2, -0.15) is 0 Å². The highest BCUT2D eigenvalue weighted by Crippen LogP contribution is 2.28. The van der Waals surface area contributed by atoms with Crippen molar-refractivity contribution in [1.82, 2.24) is 9.80 Å². The largest absolute Gasteiger partial charge is 0.480 e. The summed E-state index contributed by atoms with van der Waals surface area (Å²) in [5, 5.41) is 12.1. The van der Waals surface area contributed by atoms with Crippen LogP contribution in [0.2, 0.25) is 0 Å². The minimum atomic E-state index is -0.855. The Hall–Kier alpha value is -2.08. The van der Waals surface area contributed by atoms with Crippen LogP contribution >= 0.6 is 0 Å². The predicted octanol–water partition coefficient (Wildman–Crippen LogP) is 1.81. The molecule has 2 N–H and O–H groups in total. The fourth-order valence-electron chi connectivity index (χ4n) is 4.39. The molecule has 1 unspecified atom stereocenters. The summed E-state index contributed by atoms with van der Waals surface area (Å²) in [7, 11) is 0. The summed E-state index contributed by atoms with van der Waals surface area (Å²) in [6.45, 7) is 3.48. The van der Waals surface area contributed by atoms with Gasteiger partial charge in [0.2, 0.25) is 0 Å². The second kappa shape index (κ2) is 6.67. The number of nitrogens with one attached hydrogen (secondary N) is 1. The van der Waals surface area contributed by atoms with Gasteiger partial charge in [0.1, 0.15) is 6.04 Å². The van der Waals surface area contributed by atoms with Crippen molar-refractivity contribution in [2.24, 2.45) is 0 Å². The van der Waals surface area contributed by atoms with Crippen LogP contribution in [-0.4, -0.2) is 65.0 Å². The molecule has 1 aromatic rings. The number of piperazine rings is 1. The molecule has 6 heteroatoms. The molecule has 1 aromatic carbocycles. The van der Waals surface area contributed by atoms with Gasteiger partial charge in [0.25, 0.3) is 5.91 Å². The molecule has 3 aliphatic rings. The molecule has 1 aliphatic carbocycles. The Morgan fingerprint density at radius 2 is 1.80 bits per heavy atom. The van der Waals surface area contributed by atoms with Gasteiger partial charge in [-0.1, -0.05) is 12.8 Å². The van der Waals surface area contributed by atoms with E-state index in [9.17, 15) is 9.59 Å². The normalized spacial score (nSPS) is 24.2. The number of carbonyl (C=O) groups is 2. The summed E-state index contributed by atoms with van der Waals surface area (Å²) in [6.07, 6.45) is 5.71. The standard InChI is InChI=1S/C19H25N3O3/c23-18(22-9-7-21(8-10-22)15-3-1-2-4-15)13-5-6-16-14(11-13)12-17(20-16)19(24)25/h5-6,11,15,17,20H,1-4,7-10,12H2,(H,24,25). The lowest BCUT2D eigenvalue weighted by molar-refractivity contribution is -0.137. The molecule has 6 nitrogen and oxygen atoms in total. The van der Waals surface area contributed by atoms with Crippen molar-refractivity contribution in [2.45, 2.75) is 44.2 Å². The number of carboxylic acids is 1. The molecule has 4 rings (SSSR count). The van der Waals surface area contributed by atoms with E-state index in [1.165, 1.54) is 25.7 Å². The fourth-order valence-corrected chi connectivity index (χ4v) is 4.39. The first-order valence-corrected chi connectivity index (χ1v) is 9.27. The van der Waals surface area contributed by atoms with Crippen molar-refractivity contribution < 1.29 is 14.7 Å². The molecule has 2 aliphatic heterocycles. The number of carbonyl (C=O) groups excluding carboxylic acids is 1. The van der Waals surface area contributed by atoms with Gasteiger partial charge in [0.15, 0.2) is 0 Å². The molecule has 0 bridgehead atoms. The Balaban J connectivity index is 1.39. The number of amides is 1. The second-order valence-electron chi connectivity index (χ2n) is 7.38. The van der Waals surface area contributed by atoms with Crippen LogP contribution in [0.4, 0.5) is 5.69 Å². The van der Waals surface area contributed by atoms with Crippen LogP contribution in [0.25, 0.3) is 0 Å². The first-order valence-electron chi connectivity index (χ1n) is 9.27. The SMILES string of the molecule is O=C(O)C1Cc2cc(C(=O)N3CCN(C4CCCC4)CC3)ccc2N1. The van der Waals surface area contributed by atoms with Crippen LogP contribution in [-0.2, 0) is 11.2 Å². The van der Waals surface area contributed by atoms with Crippen LogP contribution in [0.5, 0.6) is 0 Å². The minimum absolute atomic E-state index is 0.0626. The number of fused-ring (bicyclic) bond motifs is 1. The van der Waals surface area contributed by atoms with Gasteiger partial charge >= 0.3 is 5.97 Å². The van der Waals surface area contributed by atoms with E-state index in [4.69, 9.17) is 5.11 Å². The minimum Gasteiger partial charge on any atom is -0.480 e. The maximum atomic E-state index is 12.8. The molecule has 0 spiro atoms. The summed E-state index contributed by atoms with van der Waals surface area (Å²) >= 11 is 0. The lowest BCUT2D eigenvalue weighted by Gasteiger charge is -2.38. The molecule has 1 amide bonds. The van der Waals surface area contributed by atoms with Crippen LogP contribution < -0.4 is 5.32 Å². The number of nitrogens with zero attached hydrogens (tertiary/aromatic N) is 2. The van der Waals surface area contributed by atoms with Crippen LogP contribution in [0.1, 0.15) is 41.6 Å². The third kappa shape index (κ3) is 3.23. The molecule has 1 atom stereocenters. The Bertz CT molecular complexity index is 676. The van der Waals surface area contributed by atoms with Crippen molar-refractivity contribution in [3.8, 4) is 0 Å². The topological polar surface area (TPSA) is 72.9 Å². The predicted molar refractivity (Wildman–Crippen MR) is 94.9 cm³/mol. The average molecular weight is 343 g/mol. The van der Waals surface area contributed by atoms with Crippen molar-refractivity contribution in [2.75, 3.05) is 31.5 Å². The number of benzene rings is 1. The van der Waals surface area contributed by atoms with Crippen LogP contribution in [0.15, 0.2) is 18.2 Å². The zero-order chi connectivity index (χ0) is 17.4. The van der Waals surface area contributed by atoms with Gasteiger partial charge < -0.3 is 15.3 Å². The molecule has 1 saturated carbocycles. The van der Waals surface area contributed by atoms with E-state index in [1.54, 1.807) is 0 Å². The van der Waals surface area contributed by atoms with Crippen LogP contribution in [0, 0.1) is 0 Å². The molecule has 25 heavy (non-hydrogen) atoms. The number of carboxylic acid groups (broad SMARTS) is 1. The Morgan fingerprint density at radius 3 is 2.48 bits per heavy atom. The summed E-state index contributed by atoms with van der Waals surface area (Å²) in [5.41, 5.74) is 2.42. The van der Waals surface area contributed by atoms with E-state index in [0.717, 1.165) is 43.5 Å². The lowest BCUT2D eigenvalue weighted by Crippen LogP contribution is -2.51. The van der Waals surface area contributed by atoms with Gasteiger partial charge in [-0.15, -0.1) is 0 Å². The Kier molecular flexibility index (Phi) is 4.37. The van der Waals surface area contributed by atoms with Gasteiger partial charge in [0, 0.05) is 49.9 Å². The van der Waals surface area contributed by atoms with Gasteiger partial charge in [0.05, 0.1) is 0 Å². The Labute approximate surface area is 147 Å². The number of anilines is 1. The summed E-state index contributed by atoms with van der Waals surface area (Å²) < 4.78 is 0. The zero-order valence-electron chi connectivity index (χ0n) is 14.4. The van der Waals surface area contributed by atoms with E-state index in [2.05, 4.69) is 10.2 Å². The van der Waals surface area contributed by atoms with Crippen molar-refractivity contribution in [3.05, 3.63) is 29.3 Å². The van der Waals surface area contributed by atoms with E-state index >= 15 is 0 Å². The smallest absolute Gasteiger partial charge is 0.326 e. The highest BCUT2D eigenvalue weighted by molar-refractivity contribution is 5.95. The summed E-state index contributed by atoms with van der Waals surface area (Å²) in [6, 6.07) is 5.63. The van der Waals surface area contributed by atoms with E-state index in [-0.39, 0.29) is 5.91 Å². The van der Waals surface area contributed by atoms with Crippen molar-refractivity contribution >= 4 is 17.6 Å². The molecular formula is C19H25N3O3. The first-order chi connectivity index (χ1) is 12.1. The zero-order valence-corrected chi connectivity index (χ0v) is 14.4. The highest BCUT2D eigenvalue weighted by Gasteiger charge is 2.30. The summed E-state index contributed by atoms with van der Waals surface area (Å²) in [4.78, 5) is 28.4. The molecular weight excluding hydrogens is 318 g/mol. The Morgan fingerprint density at radius 1 is 1.08 bits per heavy atom. The van der Waals surface area contributed by atoms with E-state index < -0.39 is 12.0 Å². The van der Waals surface area contributed by atoms with Crippen molar-refractivity contribution in [3.63, 3.8) is 0 Å². The highest BCUT2D eigenvalue weighted by atomic mass is 16.4. The monoisotopic (exact) mass is 343 g/mol. The lowest BCUT2D eigenvalue weighted by atomic mass is 10.1. The quantitative estimate of drug-likeness (QED) is 0.876. The molecule has 0 radical (unpaired) electrons.